The second-order valence-electron chi connectivity index (χ2n) is 8.12. The van der Waals surface area contributed by atoms with Crippen LogP contribution in [0, 0.1) is 11.3 Å². The van der Waals surface area contributed by atoms with Crippen molar-refractivity contribution in [3.05, 3.63) is 106 Å². The van der Waals surface area contributed by atoms with Crippen LogP contribution in [0.2, 0.25) is 0 Å². The SMILES string of the molecule is COC(=O)c1ccc(OCCCOc2cccc(C=NNc3nc(-c4ccccc4)c(C#N)c(=O)[nH]3)c2)cc1. The van der Waals surface area contributed by atoms with Gasteiger partial charge in [-0.05, 0) is 42.0 Å². The van der Waals surface area contributed by atoms with Crippen molar-refractivity contribution in [2.75, 3.05) is 25.7 Å². The quantitative estimate of drug-likeness (QED) is 0.128. The topological polar surface area (TPSA) is 139 Å². The van der Waals surface area contributed by atoms with Gasteiger partial charge in [-0.2, -0.15) is 10.4 Å². The summed E-state index contributed by atoms with van der Waals surface area (Å²) < 4.78 is 16.2. The van der Waals surface area contributed by atoms with E-state index in [-0.39, 0.29) is 17.2 Å². The lowest BCUT2D eigenvalue weighted by atomic mass is 10.1. The van der Waals surface area contributed by atoms with Crippen molar-refractivity contribution in [1.29, 1.82) is 5.26 Å². The van der Waals surface area contributed by atoms with Gasteiger partial charge in [-0.3, -0.25) is 9.78 Å². The molecule has 2 N–H and O–H groups in total. The van der Waals surface area contributed by atoms with Crippen LogP contribution < -0.4 is 20.5 Å². The van der Waals surface area contributed by atoms with Crippen molar-refractivity contribution in [2.45, 2.75) is 6.42 Å². The fourth-order valence-electron chi connectivity index (χ4n) is 3.53. The molecule has 4 aromatic rings. The number of esters is 1. The largest absolute Gasteiger partial charge is 0.493 e. The summed E-state index contributed by atoms with van der Waals surface area (Å²) in [7, 11) is 1.34. The Balaban J connectivity index is 1.29. The van der Waals surface area contributed by atoms with Crippen molar-refractivity contribution < 1.29 is 19.0 Å². The molecule has 10 nitrogen and oxygen atoms in total. The normalized spacial score (nSPS) is 10.6. The molecule has 196 valence electrons. The van der Waals surface area contributed by atoms with E-state index in [0.29, 0.717) is 42.3 Å². The number of nitriles is 1. The highest BCUT2D eigenvalue weighted by Crippen LogP contribution is 2.19. The number of hydrogen-bond acceptors (Lipinski definition) is 9. The Kier molecular flexibility index (Phi) is 9.02. The van der Waals surface area contributed by atoms with E-state index in [1.807, 2.05) is 36.4 Å². The number of anilines is 1. The molecular weight excluding hydrogens is 498 g/mol. The van der Waals surface area contributed by atoms with Crippen LogP contribution in [-0.2, 0) is 4.74 Å². The molecule has 0 fully saturated rings. The van der Waals surface area contributed by atoms with Gasteiger partial charge >= 0.3 is 5.97 Å². The molecular formula is C29H25N5O5. The number of aromatic nitrogens is 2. The summed E-state index contributed by atoms with van der Waals surface area (Å²) in [6, 6.07) is 25.0. The summed E-state index contributed by atoms with van der Waals surface area (Å²) >= 11 is 0. The summed E-state index contributed by atoms with van der Waals surface area (Å²) in [5.41, 5.74) is 4.25. The Morgan fingerprint density at radius 1 is 1.03 bits per heavy atom. The lowest BCUT2D eigenvalue weighted by Crippen LogP contribution is -2.16. The molecule has 4 rings (SSSR count). The van der Waals surface area contributed by atoms with Gasteiger partial charge in [-0.25, -0.2) is 15.2 Å². The standard InChI is InChI=1S/C29H25N5O5/c1-37-28(36)22-11-13-23(14-12-22)38-15-6-16-39-24-10-5-7-20(17-24)19-31-34-29-32-26(21-8-3-2-4-9-21)25(18-30)27(35)33-29/h2-5,7-14,17,19H,6,15-16H2,1H3,(H2,32,33,34,35). The highest BCUT2D eigenvalue weighted by Gasteiger charge is 2.12. The number of H-pyrrole nitrogens is 1. The minimum Gasteiger partial charge on any atom is -0.493 e. The van der Waals surface area contributed by atoms with Crippen molar-refractivity contribution in [2.24, 2.45) is 5.10 Å². The first-order valence-electron chi connectivity index (χ1n) is 12.0. The van der Waals surface area contributed by atoms with Crippen LogP contribution in [0.1, 0.15) is 27.9 Å². The zero-order valence-electron chi connectivity index (χ0n) is 21.1. The van der Waals surface area contributed by atoms with E-state index >= 15 is 0 Å². The van der Waals surface area contributed by atoms with Crippen molar-refractivity contribution in [1.82, 2.24) is 9.97 Å². The molecule has 3 aromatic carbocycles. The third kappa shape index (κ3) is 7.30. The zero-order chi connectivity index (χ0) is 27.5. The Labute approximate surface area is 224 Å². The molecule has 0 saturated heterocycles. The molecule has 0 bridgehead atoms. The highest BCUT2D eigenvalue weighted by atomic mass is 16.5. The number of nitrogens with one attached hydrogen (secondary N) is 2. The fourth-order valence-corrected chi connectivity index (χ4v) is 3.53. The van der Waals surface area contributed by atoms with E-state index in [0.717, 1.165) is 5.56 Å². The van der Waals surface area contributed by atoms with Gasteiger partial charge in [-0.1, -0.05) is 42.5 Å². The van der Waals surface area contributed by atoms with E-state index in [1.165, 1.54) is 7.11 Å². The first-order valence-corrected chi connectivity index (χ1v) is 12.0. The van der Waals surface area contributed by atoms with Crippen LogP contribution in [0.3, 0.4) is 0 Å². The molecule has 0 aliphatic rings. The number of benzene rings is 3. The van der Waals surface area contributed by atoms with Gasteiger partial charge in [0.15, 0.2) is 0 Å². The van der Waals surface area contributed by atoms with E-state index in [1.54, 1.807) is 54.7 Å². The van der Waals surface area contributed by atoms with Crippen LogP contribution in [0.5, 0.6) is 11.5 Å². The van der Waals surface area contributed by atoms with Gasteiger partial charge < -0.3 is 14.2 Å². The monoisotopic (exact) mass is 523 g/mol. The summed E-state index contributed by atoms with van der Waals surface area (Å²) in [6.07, 6.45) is 2.22. The Hall–Kier alpha value is -5.43. The Bertz CT molecular complexity index is 1540. The van der Waals surface area contributed by atoms with Gasteiger partial charge in [0, 0.05) is 12.0 Å². The molecule has 0 spiro atoms. The fraction of sp³-hybridized carbons (Fsp3) is 0.138. The number of nitrogens with zero attached hydrogens (tertiary/aromatic N) is 3. The minimum atomic E-state index is -0.554. The molecule has 0 aliphatic carbocycles. The van der Waals surface area contributed by atoms with Crippen molar-refractivity contribution in [3.8, 4) is 28.8 Å². The third-order valence-corrected chi connectivity index (χ3v) is 5.42. The van der Waals surface area contributed by atoms with Crippen LogP contribution in [0.4, 0.5) is 5.95 Å². The van der Waals surface area contributed by atoms with Crippen LogP contribution in [-0.4, -0.2) is 42.5 Å². The van der Waals surface area contributed by atoms with Crippen LogP contribution >= 0.6 is 0 Å². The van der Waals surface area contributed by atoms with Gasteiger partial charge in [0.25, 0.3) is 5.56 Å². The van der Waals surface area contributed by atoms with Crippen molar-refractivity contribution in [3.63, 3.8) is 0 Å². The molecule has 39 heavy (non-hydrogen) atoms. The third-order valence-electron chi connectivity index (χ3n) is 5.42. The number of hydrogen-bond donors (Lipinski definition) is 2. The molecule has 1 aromatic heterocycles. The summed E-state index contributed by atoms with van der Waals surface area (Å²) in [5, 5.41) is 13.5. The lowest BCUT2D eigenvalue weighted by molar-refractivity contribution is 0.0600. The number of carbonyl (C=O) groups excluding carboxylic acids is 1. The summed E-state index contributed by atoms with van der Waals surface area (Å²) in [6.45, 7) is 0.890. The molecule has 0 saturated carbocycles. The number of aromatic amines is 1. The van der Waals surface area contributed by atoms with Gasteiger partial charge in [-0.15, -0.1) is 0 Å². The summed E-state index contributed by atoms with van der Waals surface area (Å²) in [4.78, 5) is 30.7. The second kappa shape index (κ2) is 13.2. The predicted octanol–water partition coefficient (Wildman–Crippen LogP) is 4.39. The van der Waals surface area contributed by atoms with Crippen LogP contribution in [0.25, 0.3) is 11.3 Å². The van der Waals surface area contributed by atoms with Gasteiger partial charge in [0.1, 0.15) is 23.1 Å². The molecule has 1 heterocycles. The highest BCUT2D eigenvalue weighted by molar-refractivity contribution is 5.89. The molecule has 0 radical (unpaired) electrons. The maximum absolute atomic E-state index is 12.4. The molecule has 0 atom stereocenters. The predicted molar refractivity (Wildman–Crippen MR) is 146 cm³/mol. The van der Waals surface area contributed by atoms with E-state index in [2.05, 4.69) is 25.2 Å². The average molecular weight is 524 g/mol. The molecule has 0 amide bonds. The number of carbonyl (C=O) groups is 1. The van der Waals surface area contributed by atoms with E-state index in [9.17, 15) is 14.9 Å². The van der Waals surface area contributed by atoms with E-state index < -0.39 is 11.5 Å². The summed E-state index contributed by atoms with van der Waals surface area (Å²) in [5.74, 6) is 1.04. The first kappa shape index (κ1) is 26.6. The smallest absolute Gasteiger partial charge is 0.337 e. The van der Waals surface area contributed by atoms with E-state index in [4.69, 9.17) is 9.47 Å². The second-order valence-corrected chi connectivity index (χ2v) is 8.12. The van der Waals surface area contributed by atoms with Gasteiger partial charge in [0.05, 0.1) is 37.8 Å². The maximum Gasteiger partial charge on any atom is 0.337 e. The number of methoxy groups -OCH3 is 1. The number of ether oxygens (including phenoxy) is 3. The maximum atomic E-state index is 12.4. The first-order chi connectivity index (χ1) is 19.1. The molecule has 0 aliphatic heterocycles. The lowest BCUT2D eigenvalue weighted by Gasteiger charge is -2.09. The minimum absolute atomic E-state index is 0.0672. The van der Waals surface area contributed by atoms with Crippen LogP contribution in [0.15, 0.2) is 88.8 Å². The molecule has 0 unspecified atom stereocenters. The Morgan fingerprint density at radius 2 is 1.77 bits per heavy atom. The number of rotatable bonds is 11. The average Bonchev–Trinajstić information content (AvgIpc) is 2.97. The number of hydrazone groups is 1. The molecule has 10 heteroatoms. The van der Waals surface area contributed by atoms with Gasteiger partial charge in [0.2, 0.25) is 5.95 Å². The zero-order valence-corrected chi connectivity index (χ0v) is 21.1. The Morgan fingerprint density at radius 3 is 2.49 bits per heavy atom. The van der Waals surface area contributed by atoms with Crippen molar-refractivity contribution >= 4 is 18.1 Å².